The van der Waals surface area contributed by atoms with Crippen molar-refractivity contribution in [3.05, 3.63) is 24.3 Å². The Bertz CT molecular complexity index is 460. The Morgan fingerprint density at radius 1 is 1.62 bits per heavy atom. The first kappa shape index (κ1) is 7.72. The fraction of sp³-hybridized carbons (Fsp3) is 0.125. The topological polar surface area (TPSA) is 63.3 Å². The van der Waals surface area contributed by atoms with Crippen LogP contribution < -0.4 is 0 Å². The number of rotatable bonds is 1. The van der Waals surface area contributed by atoms with Crippen molar-refractivity contribution in [3.63, 3.8) is 0 Å². The fourth-order valence-corrected chi connectivity index (χ4v) is 1.22. The van der Waals surface area contributed by atoms with Gasteiger partial charge in [-0.3, -0.25) is 4.98 Å². The van der Waals surface area contributed by atoms with Crippen LogP contribution in [0.4, 0.5) is 0 Å². The van der Waals surface area contributed by atoms with E-state index in [0.717, 1.165) is 11.0 Å². The molecule has 0 fully saturated rings. The van der Waals surface area contributed by atoms with E-state index in [2.05, 4.69) is 15.1 Å². The minimum atomic E-state index is 0.602. The molecule has 66 valence electrons. The maximum absolute atomic E-state index is 8.37. The number of fused-ring (bicyclic) bond motifs is 1. The Hall–Kier alpha value is -1.91. The molecule has 2 aromatic rings. The molecule has 0 saturated carbocycles. The summed E-state index contributed by atoms with van der Waals surface area (Å²) < 4.78 is 1.81. The molecule has 0 spiro atoms. The summed E-state index contributed by atoms with van der Waals surface area (Å²) in [6.07, 6.45) is 4.69. The Morgan fingerprint density at radius 2 is 2.46 bits per heavy atom. The molecule has 1 N–H and O–H groups in total. The van der Waals surface area contributed by atoms with E-state index < -0.39 is 0 Å². The van der Waals surface area contributed by atoms with Crippen molar-refractivity contribution in [2.24, 2.45) is 12.2 Å². The Kier molecular flexibility index (Phi) is 1.70. The number of oxime groups is 1. The lowest BCUT2D eigenvalue weighted by Crippen LogP contribution is -1.95. The number of pyridine rings is 1. The van der Waals surface area contributed by atoms with Gasteiger partial charge in [-0.15, -0.1) is 0 Å². The van der Waals surface area contributed by atoms with Crippen LogP contribution in [-0.4, -0.2) is 26.0 Å². The van der Waals surface area contributed by atoms with Gasteiger partial charge in [-0.05, 0) is 6.07 Å². The smallest absolute Gasteiger partial charge is 0.155 e. The number of aromatic nitrogens is 3. The fourth-order valence-electron chi connectivity index (χ4n) is 1.22. The monoisotopic (exact) mass is 176 g/mol. The predicted octanol–water partition coefficient (Wildman–Crippen LogP) is 0.776. The zero-order valence-corrected chi connectivity index (χ0v) is 7.05. The van der Waals surface area contributed by atoms with E-state index in [-0.39, 0.29) is 0 Å². The normalized spacial score (nSPS) is 11.5. The highest BCUT2D eigenvalue weighted by molar-refractivity contribution is 5.84. The van der Waals surface area contributed by atoms with Crippen LogP contribution in [0.2, 0.25) is 0 Å². The molecule has 0 amide bonds. The summed E-state index contributed by atoms with van der Waals surface area (Å²) in [4.78, 5) is 8.19. The van der Waals surface area contributed by atoms with Crippen LogP contribution in [-0.2, 0) is 7.05 Å². The van der Waals surface area contributed by atoms with Gasteiger partial charge in [-0.1, -0.05) is 5.16 Å². The van der Waals surface area contributed by atoms with Crippen molar-refractivity contribution in [1.29, 1.82) is 0 Å². The predicted molar refractivity (Wildman–Crippen MR) is 47.9 cm³/mol. The largest absolute Gasteiger partial charge is 0.411 e. The minimum absolute atomic E-state index is 0.602. The van der Waals surface area contributed by atoms with E-state index in [0.29, 0.717) is 5.82 Å². The van der Waals surface area contributed by atoms with Crippen LogP contribution >= 0.6 is 0 Å². The lowest BCUT2D eigenvalue weighted by atomic mass is 10.4. The molecule has 2 aromatic heterocycles. The molecule has 0 bridgehead atoms. The molecule has 13 heavy (non-hydrogen) atoms. The van der Waals surface area contributed by atoms with E-state index in [4.69, 9.17) is 5.21 Å². The quantitative estimate of drug-likeness (QED) is 0.396. The molecule has 5 nitrogen and oxygen atoms in total. The summed E-state index contributed by atoms with van der Waals surface area (Å²) >= 11 is 0. The van der Waals surface area contributed by atoms with Crippen molar-refractivity contribution in [3.8, 4) is 0 Å². The van der Waals surface area contributed by atoms with Gasteiger partial charge in [-0.2, -0.15) is 0 Å². The number of hydrogen-bond acceptors (Lipinski definition) is 4. The second-order valence-electron chi connectivity index (χ2n) is 2.64. The average molecular weight is 176 g/mol. The number of hydrogen-bond donors (Lipinski definition) is 1. The lowest BCUT2D eigenvalue weighted by Gasteiger charge is -1.93. The van der Waals surface area contributed by atoms with Crippen LogP contribution in [0.5, 0.6) is 0 Å². The van der Waals surface area contributed by atoms with Gasteiger partial charge in [0.05, 0.1) is 17.2 Å². The molecule has 0 aliphatic rings. The van der Waals surface area contributed by atoms with E-state index in [1.807, 2.05) is 17.7 Å². The van der Waals surface area contributed by atoms with Gasteiger partial charge in [0, 0.05) is 13.2 Å². The summed E-state index contributed by atoms with van der Waals surface area (Å²) in [6, 6.07) is 1.81. The van der Waals surface area contributed by atoms with Crippen molar-refractivity contribution >= 4 is 17.2 Å². The number of nitrogens with zero attached hydrogens (tertiary/aromatic N) is 4. The molecule has 5 heteroatoms. The highest BCUT2D eigenvalue weighted by Crippen LogP contribution is 2.11. The third kappa shape index (κ3) is 1.14. The highest BCUT2D eigenvalue weighted by Gasteiger charge is 2.04. The van der Waals surface area contributed by atoms with E-state index in [1.54, 1.807) is 12.4 Å². The zero-order valence-electron chi connectivity index (χ0n) is 7.05. The van der Waals surface area contributed by atoms with Crippen LogP contribution in [0, 0.1) is 0 Å². The molecule has 0 aromatic carbocycles. The molecule has 0 radical (unpaired) electrons. The number of imidazole rings is 1. The van der Waals surface area contributed by atoms with Crippen molar-refractivity contribution < 1.29 is 5.21 Å². The molecular formula is C8H8N4O. The summed E-state index contributed by atoms with van der Waals surface area (Å²) in [5, 5.41) is 11.3. The second kappa shape index (κ2) is 2.85. The first-order valence-electron chi connectivity index (χ1n) is 3.77. The Labute approximate surface area is 74.3 Å². The summed E-state index contributed by atoms with van der Waals surface area (Å²) in [7, 11) is 1.84. The minimum Gasteiger partial charge on any atom is -0.411 e. The van der Waals surface area contributed by atoms with E-state index >= 15 is 0 Å². The third-order valence-electron chi connectivity index (χ3n) is 1.89. The maximum Gasteiger partial charge on any atom is 0.155 e. The van der Waals surface area contributed by atoms with E-state index in [9.17, 15) is 0 Å². The molecular weight excluding hydrogens is 168 g/mol. The van der Waals surface area contributed by atoms with Gasteiger partial charge in [0.15, 0.2) is 5.82 Å². The summed E-state index contributed by atoms with van der Waals surface area (Å²) in [6.45, 7) is 0. The Balaban J connectivity index is 2.73. The van der Waals surface area contributed by atoms with Crippen LogP contribution in [0.25, 0.3) is 11.0 Å². The second-order valence-corrected chi connectivity index (χ2v) is 2.64. The van der Waals surface area contributed by atoms with Gasteiger partial charge in [0.1, 0.15) is 6.21 Å². The van der Waals surface area contributed by atoms with Crippen LogP contribution in [0.3, 0.4) is 0 Å². The zero-order chi connectivity index (χ0) is 9.26. The highest BCUT2D eigenvalue weighted by atomic mass is 16.4. The van der Waals surface area contributed by atoms with Gasteiger partial charge in [-0.25, -0.2) is 4.98 Å². The standard InChI is InChI=1S/C8H8N4O/c1-12-7-4-9-3-2-6(7)11-8(12)5-10-13/h2-5,13H,1H3. The maximum atomic E-state index is 8.37. The first-order valence-corrected chi connectivity index (χ1v) is 3.77. The van der Waals surface area contributed by atoms with Gasteiger partial charge in [0.25, 0.3) is 0 Å². The van der Waals surface area contributed by atoms with Crippen molar-refractivity contribution in [1.82, 2.24) is 14.5 Å². The molecule has 2 heterocycles. The Morgan fingerprint density at radius 3 is 3.15 bits per heavy atom. The lowest BCUT2D eigenvalue weighted by molar-refractivity contribution is 0.321. The molecule has 2 rings (SSSR count). The van der Waals surface area contributed by atoms with E-state index in [1.165, 1.54) is 6.21 Å². The van der Waals surface area contributed by atoms with Crippen LogP contribution in [0.15, 0.2) is 23.6 Å². The molecule has 0 aliphatic carbocycles. The van der Waals surface area contributed by atoms with Crippen molar-refractivity contribution in [2.45, 2.75) is 0 Å². The molecule has 0 atom stereocenters. The summed E-state index contributed by atoms with van der Waals surface area (Å²) in [5.41, 5.74) is 1.75. The first-order chi connectivity index (χ1) is 6.33. The number of aryl methyl sites for hydroxylation is 1. The van der Waals surface area contributed by atoms with Gasteiger partial charge < -0.3 is 9.77 Å². The average Bonchev–Trinajstić information content (AvgIpc) is 2.46. The molecule has 0 saturated heterocycles. The summed E-state index contributed by atoms with van der Waals surface area (Å²) in [5.74, 6) is 0.602. The van der Waals surface area contributed by atoms with Crippen LogP contribution in [0.1, 0.15) is 5.82 Å². The van der Waals surface area contributed by atoms with Gasteiger partial charge in [0.2, 0.25) is 0 Å². The molecule has 0 unspecified atom stereocenters. The SMILES string of the molecule is Cn1c(C=NO)nc2ccncc21. The van der Waals surface area contributed by atoms with Gasteiger partial charge >= 0.3 is 0 Å². The third-order valence-corrected chi connectivity index (χ3v) is 1.89. The van der Waals surface area contributed by atoms with Crippen molar-refractivity contribution in [2.75, 3.05) is 0 Å². The molecule has 0 aliphatic heterocycles.